The van der Waals surface area contributed by atoms with Crippen molar-refractivity contribution < 1.29 is 9.59 Å². The summed E-state index contributed by atoms with van der Waals surface area (Å²) < 4.78 is 0. The van der Waals surface area contributed by atoms with Crippen LogP contribution in [0, 0.1) is 0 Å². The van der Waals surface area contributed by atoms with E-state index in [0.29, 0.717) is 25.9 Å². The molecule has 5 N–H and O–H groups in total. The zero-order valence-electron chi connectivity index (χ0n) is 13.7. The van der Waals surface area contributed by atoms with Crippen molar-refractivity contribution in [2.45, 2.75) is 25.4 Å². The summed E-state index contributed by atoms with van der Waals surface area (Å²) in [6.45, 7) is 0.897. The highest BCUT2D eigenvalue weighted by Crippen LogP contribution is 2.15. The number of amides is 3. The first-order chi connectivity index (χ1) is 11.5. The van der Waals surface area contributed by atoms with E-state index >= 15 is 0 Å². The van der Waals surface area contributed by atoms with E-state index in [-0.39, 0.29) is 5.91 Å². The normalized spacial score (nSPS) is 11.9. The third-order valence-corrected chi connectivity index (χ3v) is 3.77. The molecule has 7 nitrogen and oxygen atoms in total. The Morgan fingerprint density at radius 2 is 2.12 bits per heavy atom. The third kappa shape index (κ3) is 4.92. The summed E-state index contributed by atoms with van der Waals surface area (Å²) in [4.78, 5) is 28.8. The minimum atomic E-state index is -0.591. The Bertz CT molecular complexity index is 719. The number of nitrogens with one attached hydrogen (secondary N) is 1. The topological polar surface area (TPSA) is 114 Å². The predicted octanol–water partition coefficient (Wildman–Crippen LogP) is 0.969. The summed E-state index contributed by atoms with van der Waals surface area (Å²) in [5, 5.41) is 3.52. The zero-order valence-corrected chi connectivity index (χ0v) is 13.7. The van der Waals surface area contributed by atoms with Gasteiger partial charge < -0.3 is 21.7 Å². The van der Waals surface area contributed by atoms with E-state index in [4.69, 9.17) is 11.5 Å². The molecule has 0 fully saturated rings. The SMILES string of the molecule is CN(Cc1ccc2ncccc2c1)C(=O)[C@@H](N)CCCNC(N)=O. The maximum Gasteiger partial charge on any atom is 0.312 e. The summed E-state index contributed by atoms with van der Waals surface area (Å²) in [5.74, 6) is -0.125. The number of carbonyl (C=O) groups is 2. The molecule has 2 aromatic rings. The van der Waals surface area contributed by atoms with Gasteiger partial charge in [-0.05, 0) is 36.6 Å². The van der Waals surface area contributed by atoms with Crippen LogP contribution in [0.15, 0.2) is 36.5 Å². The lowest BCUT2D eigenvalue weighted by atomic mass is 10.1. The van der Waals surface area contributed by atoms with Crippen molar-refractivity contribution in [1.82, 2.24) is 15.2 Å². The molecule has 3 amide bonds. The molecule has 0 aliphatic carbocycles. The van der Waals surface area contributed by atoms with Gasteiger partial charge in [-0.3, -0.25) is 9.78 Å². The van der Waals surface area contributed by atoms with Crippen LogP contribution < -0.4 is 16.8 Å². The number of primary amides is 1. The van der Waals surface area contributed by atoms with Gasteiger partial charge in [-0.25, -0.2) is 4.79 Å². The van der Waals surface area contributed by atoms with Crippen molar-refractivity contribution >= 4 is 22.8 Å². The minimum Gasteiger partial charge on any atom is -0.352 e. The van der Waals surface area contributed by atoms with Crippen molar-refractivity contribution in [1.29, 1.82) is 0 Å². The average Bonchev–Trinajstić information content (AvgIpc) is 2.57. The number of nitrogens with zero attached hydrogens (tertiary/aromatic N) is 2. The van der Waals surface area contributed by atoms with Crippen molar-refractivity contribution in [3.05, 3.63) is 42.1 Å². The molecule has 0 radical (unpaired) electrons. The lowest BCUT2D eigenvalue weighted by Gasteiger charge is -2.21. The first kappa shape index (κ1) is 17.7. The molecular formula is C17H23N5O2. The number of carbonyl (C=O) groups excluding carboxylic acids is 2. The van der Waals surface area contributed by atoms with Crippen LogP contribution in [0.2, 0.25) is 0 Å². The van der Waals surface area contributed by atoms with E-state index in [2.05, 4.69) is 10.3 Å². The largest absolute Gasteiger partial charge is 0.352 e. The number of urea groups is 1. The van der Waals surface area contributed by atoms with Crippen LogP contribution in [0.3, 0.4) is 0 Å². The van der Waals surface area contributed by atoms with Gasteiger partial charge in [-0.2, -0.15) is 0 Å². The molecule has 0 unspecified atom stereocenters. The molecule has 1 aromatic carbocycles. The van der Waals surface area contributed by atoms with Gasteiger partial charge in [0.15, 0.2) is 0 Å². The average molecular weight is 329 g/mol. The van der Waals surface area contributed by atoms with E-state index < -0.39 is 12.1 Å². The number of nitrogens with two attached hydrogens (primary N) is 2. The number of hydrogen-bond acceptors (Lipinski definition) is 4. The molecular weight excluding hydrogens is 306 g/mol. The Balaban J connectivity index is 1.88. The zero-order chi connectivity index (χ0) is 17.5. The van der Waals surface area contributed by atoms with Crippen LogP contribution in [-0.2, 0) is 11.3 Å². The fourth-order valence-corrected chi connectivity index (χ4v) is 2.52. The minimum absolute atomic E-state index is 0.125. The van der Waals surface area contributed by atoms with Gasteiger partial charge in [-0.15, -0.1) is 0 Å². The van der Waals surface area contributed by atoms with Crippen LogP contribution in [0.25, 0.3) is 10.9 Å². The van der Waals surface area contributed by atoms with Crippen molar-refractivity contribution in [2.75, 3.05) is 13.6 Å². The number of benzene rings is 1. The number of hydrogen-bond donors (Lipinski definition) is 3. The molecule has 1 heterocycles. The van der Waals surface area contributed by atoms with Crippen LogP contribution >= 0.6 is 0 Å². The fourth-order valence-electron chi connectivity index (χ4n) is 2.52. The van der Waals surface area contributed by atoms with E-state index in [1.807, 2.05) is 30.3 Å². The quantitative estimate of drug-likeness (QED) is 0.657. The standard InChI is InChI=1S/C17H23N5O2/c1-22(16(23)14(18)5-3-9-21-17(19)24)11-12-6-7-15-13(10-12)4-2-8-20-15/h2,4,6-8,10,14H,3,5,9,11,18H2,1H3,(H3,19,21,24)/t14-/m0/s1. The van der Waals surface area contributed by atoms with Crippen molar-refractivity contribution in [2.24, 2.45) is 11.5 Å². The highest BCUT2D eigenvalue weighted by Gasteiger charge is 2.18. The number of aromatic nitrogens is 1. The van der Waals surface area contributed by atoms with Gasteiger partial charge in [0.1, 0.15) is 0 Å². The second kappa shape index (κ2) is 8.26. The fraction of sp³-hybridized carbons (Fsp3) is 0.353. The van der Waals surface area contributed by atoms with Crippen LogP contribution in [0.5, 0.6) is 0 Å². The summed E-state index contributed by atoms with van der Waals surface area (Å²) in [7, 11) is 1.73. The van der Waals surface area contributed by atoms with Gasteiger partial charge in [0.2, 0.25) is 5.91 Å². The van der Waals surface area contributed by atoms with Crippen molar-refractivity contribution in [3.63, 3.8) is 0 Å². The Hall–Kier alpha value is -2.67. The van der Waals surface area contributed by atoms with E-state index in [0.717, 1.165) is 16.5 Å². The van der Waals surface area contributed by atoms with Crippen LogP contribution in [0.1, 0.15) is 18.4 Å². The Kier molecular flexibility index (Phi) is 6.08. The molecule has 1 atom stereocenters. The molecule has 24 heavy (non-hydrogen) atoms. The van der Waals surface area contributed by atoms with Gasteiger partial charge >= 0.3 is 6.03 Å². The lowest BCUT2D eigenvalue weighted by molar-refractivity contribution is -0.132. The van der Waals surface area contributed by atoms with Gasteiger partial charge in [-0.1, -0.05) is 12.1 Å². The van der Waals surface area contributed by atoms with E-state index in [1.54, 1.807) is 18.1 Å². The Labute approximate surface area is 141 Å². The number of pyridine rings is 1. The van der Waals surface area contributed by atoms with Gasteiger partial charge in [0.25, 0.3) is 0 Å². The second-order valence-corrected chi connectivity index (χ2v) is 5.76. The number of fused-ring (bicyclic) bond motifs is 1. The predicted molar refractivity (Wildman–Crippen MR) is 93.0 cm³/mol. The number of likely N-dealkylation sites (N-methyl/N-ethyl adjacent to an activating group) is 1. The van der Waals surface area contributed by atoms with Gasteiger partial charge in [0.05, 0.1) is 11.6 Å². The maximum atomic E-state index is 12.3. The molecule has 0 spiro atoms. The smallest absolute Gasteiger partial charge is 0.312 e. The first-order valence-corrected chi connectivity index (χ1v) is 7.85. The maximum absolute atomic E-state index is 12.3. The molecule has 0 bridgehead atoms. The molecule has 0 saturated carbocycles. The second-order valence-electron chi connectivity index (χ2n) is 5.76. The monoisotopic (exact) mass is 329 g/mol. The highest BCUT2D eigenvalue weighted by molar-refractivity contribution is 5.82. The third-order valence-electron chi connectivity index (χ3n) is 3.77. The van der Waals surface area contributed by atoms with Gasteiger partial charge in [0, 0.05) is 31.7 Å². The summed E-state index contributed by atoms with van der Waals surface area (Å²) in [6, 6.07) is 8.64. The Morgan fingerprint density at radius 1 is 1.33 bits per heavy atom. The molecule has 0 aliphatic rings. The number of rotatable bonds is 7. The summed E-state index contributed by atoms with van der Waals surface area (Å²) >= 11 is 0. The lowest BCUT2D eigenvalue weighted by Crippen LogP contribution is -2.42. The van der Waals surface area contributed by atoms with Crippen LogP contribution in [0.4, 0.5) is 4.79 Å². The van der Waals surface area contributed by atoms with Crippen LogP contribution in [-0.4, -0.2) is 41.5 Å². The molecule has 0 saturated heterocycles. The molecule has 2 rings (SSSR count). The summed E-state index contributed by atoms with van der Waals surface area (Å²) in [5.41, 5.74) is 12.9. The Morgan fingerprint density at radius 3 is 2.88 bits per heavy atom. The van der Waals surface area contributed by atoms with E-state index in [9.17, 15) is 9.59 Å². The molecule has 1 aromatic heterocycles. The highest BCUT2D eigenvalue weighted by atomic mass is 16.2. The summed E-state index contributed by atoms with van der Waals surface area (Å²) in [6.07, 6.45) is 2.85. The van der Waals surface area contributed by atoms with Crippen molar-refractivity contribution in [3.8, 4) is 0 Å². The molecule has 128 valence electrons. The molecule has 0 aliphatic heterocycles. The molecule has 7 heteroatoms. The van der Waals surface area contributed by atoms with E-state index in [1.165, 1.54) is 0 Å². The first-order valence-electron chi connectivity index (χ1n) is 7.85.